The van der Waals surface area contributed by atoms with Crippen molar-refractivity contribution in [1.29, 1.82) is 0 Å². The number of ether oxygens (including phenoxy) is 1. The van der Waals surface area contributed by atoms with Gasteiger partial charge in [0.2, 0.25) is 0 Å². The molecule has 4 aromatic rings. The van der Waals surface area contributed by atoms with Gasteiger partial charge in [-0.1, -0.05) is 72.8 Å². The molecule has 1 atom stereocenters. The number of fused-ring (bicyclic) bond motifs is 1. The van der Waals surface area contributed by atoms with Gasteiger partial charge in [-0.25, -0.2) is 0 Å². The van der Waals surface area contributed by atoms with Gasteiger partial charge in [0.25, 0.3) is 0 Å². The number of aryl methyl sites for hydroxylation is 1. The van der Waals surface area contributed by atoms with E-state index in [0.717, 1.165) is 67.8 Å². The summed E-state index contributed by atoms with van der Waals surface area (Å²) < 4.78 is 31.8. The molecule has 0 amide bonds. The summed E-state index contributed by atoms with van der Waals surface area (Å²) in [5, 5.41) is 0. The van der Waals surface area contributed by atoms with Crippen LogP contribution in [0.1, 0.15) is 47.9 Å². The first-order valence-corrected chi connectivity index (χ1v) is 14.6. The van der Waals surface area contributed by atoms with E-state index in [1.165, 1.54) is 27.8 Å². The summed E-state index contributed by atoms with van der Waals surface area (Å²) in [6, 6.07) is 32.9. The zero-order valence-corrected chi connectivity index (χ0v) is 23.2. The highest BCUT2D eigenvalue weighted by Crippen LogP contribution is 2.41. The van der Waals surface area contributed by atoms with Crippen molar-refractivity contribution in [3.63, 3.8) is 0 Å². The van der Waals surface area contributed by atoms with Crippen molar-refractivity contribution < 1.29 is 18.6 Å². The van der Waals surface area contributed by atoms with Crippen molar-refractivity contribution in [2.45, 2.75) is 38.2 Å². The summed E-state index contributed by atoms with van der Waals surface area (Å²) >= 11 is 0. The van der Waals surface area contributed by atoms with E-state index < -0.39 is 0 Å². The first-order chi connectivity index (χ1) is 20.2. The van der Waals surface area contributed by atoms with Crippen LogP contribution >= 0.6 is 0 Å². The number of likely N-dealkylation sites (tertiary alicyclic amines) is 1. The second kappa shape index (κ2) is 12.7. The standard InChI is InChI=1S/C36H35F2NO2/c37-20-6-21-39-22-19-33(25-39)40-31-16-13-27(14-17-31)36-34(26-7-2-1-3-8-26)12-5-10-30-23-29(15-18-35(30)36)28-9-4-11-32(24-28)41-38/h1-4,7-9,11,13-18,23-24,33H,5-6,10,12,19-22,25H2. The van der Waals surface area contributed by atoms with Crippen LogP contribution in [0.4, 0.5) is 8.92 Å². The fraction of sp³-hybridized carbons (Fsp3) is 0.278. The lowest BCUT2D eigenvalue weighted by Crippen LogP contribution is -2.26. The first-order valence-electron chi connectivity index (χ1n) is 14.6. The van der Waals surface area contributed by atoms with E-state index in [0.29, 0.717) is 6.42 Å². The minimum Gasteiger partial charge on any atom is -0.489 e. The molecule has 0 saturated carbocycles. The lowest BCUT2D eigenvalue weighted by molar-refractivity contribution is -0.00614. The molecule has 1 fully saturated rings. The molecule has 0 aromatic heterocycles. The van der Waals surface area contributed by atoms with Gasteiger partial charge >= 0.3 is 0 Å². The smallest absolute Gasteiger partial charge is 0.172 e. The van der Waals surface area contributed by atoms with Gasteiger partial charge in [-0.2, -0.15) is 0 Å². The maximum atomic E-state index is 12.9. The number of benzene rings is 4. The van der Waals surface area contributed by atoms with E-state index in [2.05, 4.69) is 82.6 Å². The van der Waals surface area contributed by atoms with E-state index in [1.807, 2.05) is 12.1 Å². The van der Waals surface area contributed by atoms with Gasteiger partial charge < -0.3 is 4.74 Å². The summed E-state index contributed by atoms with van der Waals surface area (Å²) in [5.74, 6) is 1.07. The van der Waals surface area contributed by atoms with Crippen molar-refractivity contribution in [1.82, 2.24) is 4.90 Å². The number of rotatable bonds is 9. The maximum Gasteiger partial charge on any atom is 0.172 e. The molecule has 0 N–H and O–H groups in total. The van der Waals surface area contributed by atoms with Crippen LogP contribution in [0.15, 0.2) is 97.1 Å². The molecule has 0 radical (unpaired) electrons. The van der Waals surface area contributed by atoms with E-state index in [9.17, 15) is 8.92 Å². The molecule has 1 unspecified atom stereocenters. The Morgan fingerprint density at radius 1 is 0.756 bits per heavy atom. The summed E-state index contributed by atoms with van der Waals surface area (Å²) in [6.45, 7) is 2.33. The van der Waals surface area contributed by atoms with E-state index in [1.54, 1.807) is 12.1 Å². The van der Waals surface area contributed by atoms with Crippen molar-refractivity contribution in [3.05, 3.63) is 119 Å². The average molecular weight is 552 g/mol. The second-order valence-electron chi connectivity index (χ2n) is 10.9. The Bertz CT molecular complexity index is 1500. The molecule has 41 heavy (non-hydrogen) atoms. The first kappa shape index (κ1) is 27.2. The highest BCUT2D eigenvalue weighted by Gasteiger charge is 2.24. The number of hydrogen-bond donors (Lipinski definition) is 0. The Morgan fingerprint density at radius 3 is 2.34 bits per heavy atom. The third-order valence-electron chi connectivity index (χ3n) is 8.21. The number of allylic oxidation sites excluding steroid dienone is 1. The molecule has 6 rings (SSSR count). The van der Waals surface area contributed by atoms with Crippen molar-refractivity contribution >= 4 is 11.1 Å². The van der Waals surface area contributed by atoms with Crippen LogP contribution in [0, 0.1) is 0 Å². The van der Waals surface area contributed by atoms with Crippen LogP contribution in [-0.4, -0.2) is 37.3 Å². The van der Waals surface area contributed by atoms with Gasteiger partial charge in [-0.05, 0) is 101 Å². The van der Waals surface area contributed by atoms with Gasteiger partial charge in [-0.3, -0.25) is 14.2 Å². The largest absolute Gasteiger partial charge is 0.489 e. The third-order valence-corrected chi connectivity index (χ3v) is 8.21. The van der Waals surface area contributed by atoms with Crippen LogP contribution in [0.25, 0.3) is 22.3 Å². The fourth-order valence-electron chi connectivity index (χ4n) is 6.22. The molecule has 1 heterocycles. The Hall–Kier alpha value is -3.96. The molecule has 0 spiro atoms. The fourth-order valence-corrected chi connectivity index (χ4v) is 6.22. The Labute approximate surface area is 240 Å². The van der Waals surface area contributed by atoms with Crippen LogP contribution in [0.3, 0.4) is 0 Å². The highest BCUT2D eigenvalue weighted by molar-refractivity contribution is 6.00. The normalized spacial score (nSPS) is 17.3. The van der Waals surface area contributed by atoms with Gasteiger partial charge in [0, 0.05) is 24.2 Å². The number of hydrogen-bond acceptors (Lipinski definition) is 3. The van der Waals surface area contributed by atoms with Gasteiger partial charge in [0.1, 0.15) is 11.9 Å². The summed E-state index contributed by atoms with van der Waals surface area (Å²) in [5.41, 5.74) is 9.50. The second-order valence-corrected chi connectivity index (χ2v) is 10.9. The topological polar surface area (TPSA) is 21.7 Å². The predicted octanol–water partition coefficient (Wildman–Crippen LogP) is 8.73. The van der Waals surface area contributed by atoms with Crippen LogP contribution in [-0.2, 0) is 6.42 Å². The van der Waals surface area contributed by atoms with Crippen LogP contribution in [0.5, 0.6) is 11.5 Å². The SMILES string of the molecule is FCCCN1CCC(Oc2ccc(C3=C(c4ccccc4)CCCc4cc(-c5cccc(OF)c5)ccc43)cc2)C1. The van der Waals surface area contributed by atoms with Crippen LogP contribution < -0.4 is 9.68 Å². The monoisotopic (exact) mass is 551 g/mol. The Kier molecular flexibility index (Phi) is 8.43. The Balaban J connectivity index is 1.34. The zero-order valence-electron chi connectivity index (χ0n) is 23.2. The number of halogens is 2. The molecule has 3 nitrogen and oxygen atoms in total. The maximum absolute atomic E-state index is 12.9. The minimum atomic E-state index is -0.268. The average Bonchev–Trinajstić information content (AvgIpc) is 3.38. The van der Waals surface area contributed by atoms with Gasteiger partial charge in [0.15, 0.2) is 5.75 Å². The van der Waals surface area contributed by atoms with Crippen LogP contribution in [0.2, 0.25) is 0 Å². The molecule has 5 heteroatoms. The van der Waals surface area contributed by atoms with E-state index >= 15 is 0 Å². The lowest BCUT2D eigenvalue weighted by Gasteiger charge is -2.19. The zero-order chi connectivity index (χ0) is 28.0. The number of alkyl halides is 1. The highest BCUT2D eigenvalue weighted by atomic mass is 19.3. The van der Waals surface area contributed by atoms with E-state index in [-0.39, 0.29) is 18.5 Å². The minimum absolute atomic E-state index is 0.137. The molecular formula is C36H35F2NO2. The van der Waals surface area contributed by atoms with E-state index in [4.69, 9.17) is 4.74 Å². The van der Waals surface area contributed by atoms with Crippen molar-refractivity contribution in [3.8, 4) is 22.6 Å². The number of nitrogens with zero attached hydrogens (tertiary/aromatic N) is 1. The summed E-state index contributed by atoms with van der Waals surface area (Å²) in [6.07, 6.45) is 4.67. The molecule has 1 aliphatic heterocycles. The van der Waals surface area contributed by atoms with Gasteiger partial charge in [-0.15, -0.1) is 0 Å². The van der Waals surface area contributed by atoms with Crippen molar-refractivity contribution in [2.75, 3.05) is 26.3 Å². The van der Waals surface area contributed by atoms with Crippen molar-refractivity contribution in [2.24, 2.45) is 0 Å². The quantitative estimate of drug-likeness (QED) is 0.208. The van der Waals surface area contributed by atoms with Gasteiger partial charge in [0.05, 0.1) is 6.67 Å². The summed E-state index contributed by atoms with van der Waals surface area (Å²) in [7, 11) is 0. The molecule has 4 aromatic carbocycles. The molecule has 1 saturated heterocycles. The molecule has 0 bridgehead atoms. The Morgan fingerprint density at radius 2 is 1.54 bits per heavy atom. The molecule has 210 valence electrons. The molecule has 2 aliphatic rings. The lowest BCUT2D eigenvalue weighted by atomic mass is 9.87. The molecule has 1 aliphatic carbocycles. The third kappa shape index (κ3) is 6.20. The summed E-state index contributed by atoms with van der Waals surface area (Å²) in [4.78, 5) is 6.27. The molecular weight excluding hydrogens is 516 g/mol. The predicted molar refractivity (Wildman–Crippen MR) is 161 cm³/mol.